The monoisotopic (exact) mass is 241 g/mol. The quantitative estimate of drug-likeness (QED) is 0.528. The molecule has 1 aliphatic heterocycles. The molecule has 0 radical (unpaired) electrons. The second-order valence-corrected chi connectivity index (χ2v) is 5.06. The van der Waals surface area contributed by atoms with E-state index in [-0.39, 0.29) is 23.9 Å². The molecular weight excluding hydrogens is 218 g/mol. The summed E-state index contributed by atoms with van der Waals surface area (Å²) in [5.74, 6) is -0.134. The minimum atomic E-state index is -0.313. The zero-order valence-corrected chi connectivity index (χ0v) is 11.2. The van der Waals surface area contributed by atoms with E-state index >= 15 is 0 Å². The summed E-state index contributed by atoms with van der Waals surface area (Å²) in [7, 11) is 4.04. The van der Waals surface area contributed by atoms with Crippen LogP contribution >= 0.6 is 0 Å². The molecule has 0 bridgehead atoms. The van der Waals surface area contributed by atoms with Crippen molar-refractivity contribution in [1.29, 1.82) is 0 Å². The normalized spacial score (nSPS) is 21.1. The van der Waals surface area contributed by atoms with Gasteiger partial charge in [-0.15, -0.1) is 0 Å². The van der Waals surface area contributed by atoms with E-state index < -0.39 is 0 Å². The van der Waals surface area contributed by atoms with Gasteiger partial charge in [-0.3, -0.25) is 14.5 Å². The SMILES string of the molecule is CC(C)N1C(=O)CC(NCCCN(C)C)C1=O. The van der Waals surface area contributed by atoms with E-state index in [4.69, 9.17) is 0 Å². The van der Waals surface area contributed by atoms with Gasteiger partial charge < -0.3 is 10.2 Å². The van der Waals surface area contributed by atoms with Crippen LogP contribution in [-0.2, 0) is 9.59 Å². The van der Waals surface area contributed by atoms with Gasteiger partial charge in [0.1, 0.15) is 0 Å². The van der Waals surface area contributed by atoms with Crippen LogP contribution in [0.3, 0.4) is 0 Å². The third-order valence-electron chi connectivity index (χ3n) is 2.87. The average molecular weight is 241 g/mol. The first kappa shape index (κ1) is 14.1. The number of carbonyl (C=O) groups is 2. The molecule has 2 amide bonds. The molecule has 98 valence electrons. The number of carbonyl (C=O) groups excluding carboxylic acids is 2. The van der Waals surface area contributed by atoms with E-state index in [1.807, 2.05) is 27.9 Å². The molecule has 1 aliphatic rings. The molecule has 0 saturated carbocycles. The van der Waals surface area contributed by atoms with Gasteiger partial charge in [0.2, 0.25) is 11.8 Å². The first-order valence-electron chi connectivity index (χ1n) is 6.17. The van der Waals surface area contributed by atoms with Crippen LogP contribution in [0.25, 0.3) is 0 Å². The smallest absolute Gasteiger partial charge is 0.247 e. The fraction of sp³-hybridized carbons (Fsp3) is 0.833. The van der Waals surface area contributed by atoms with Crippen molar-refractivity contribution >= 4 is 11.8 Å². The summed E-state index contributed by atoms with van der Waals surface area (Å²) in [6.45, 7) is 5.48. The predicted octanol–water partition coefficient (Wildman–Crippen LogP) is 0.0636. The molecule has 0 aromatic carbocycles. The van der Waals surface area contributed by atoms with E-state index in [9.17, 15) is 9.59 Å². The lowest BCUT2D eigenvalue weighted by Crippen LogP contribution is -2.42. The topological polar surface area (TPSA) is 52.7 Å². The number of nitrogens with one attached hydrogen (secondary N) is 1. The van der Waals surface area contributed by atoms with Crippen LogP contribution in [0.2, 0.25) is 0 Å². The number of likely N-dealkylation sites (tertiary alicyclic amines) is 1. The molecule has 1 atom stereocenters. The van der Waals surface area contributed by atoms with Crippen molar-refractivity contribution in [2.24, 2.45) is 0 Å². The first-order valence-corrected chi connectivity index (χ1v) is 6.17. The highest BCUT2D eigenvalue weighted by atomic mass is 16.2. The minimum Gasteiger partial charge on any atom is -0.309 e. The van der Waals surface area contributed by atoms with Gasteiger partial charge in [-0.25, -0.2) is 0 Å². The lowest BCUT2D eigenvalue weighted by atomic mass is 10.2. The highest BCUT2D eigenvalue weighted by Crippen LogP contribution is 2.15. The van der Waals surface area contributed by atoms with Crippen molar-refractivity contribution in [3.05, 3.63) is 0 Å². The van der Waals surface area contributed by atoms with Gasteiger partial charge in [-0.2, -0.15) is 0 Å². The highest BCUT2D eigenvalue weighted by Gasteiger charge is 2.39. The lowest BCUT2D eigenvalue weighted by Gasteiger charge is -2.19. The Balaban J connectivity index is 2.36. The standard InChI is InChI=1S/C12H23N3O2/c1-9(2)15-11(16)8-10(12(15)17)13-6-5-7-14(3)4/h9-10,13H,5-8H2,1-4H3. The molecule has 1 N–H and O–H groups in total. The Morgan fingerprint density at radius 2 is 2.06 bits per heavy atom. The van der Waals surface area contributed by atoms with Crippen LogP contribution in [-0.4, -0.2) is 60.9 Å². The van der Waals surface area contributed by atoms with Crippen LogP contribution in [0.15, 0.2) is 0 Å². The zero-order chi connectivity index (χ0) is 13.0. The predicted molar refractivity (Wildman–Crippen MR) is 66.6 cm³/mol. The maximum absolute atomic E-state index is 11.9. The van der Waals surface area contributed by atoms with Crippen molar-refractivity contribution in [3.8, 4) is 0 Å². The second-order valence-electron chi connectivity index (χ2n) is 5.06. The second kappa shape index (κ2) is 6.12. The highest BCUT2D eigenvalue weighted by molar-refractivity contribution is 6.05. The average Bonchev–Trinajstić information content (AvgIpc) is 2.48. The number of hydrogen-bond donors (Lipinski definition) is 1. The number of imide groups is 1. The molecule has 5 nitrogen and oxygen atoms in total. The van der Waals surface area contributed by atoms with Crippen LogP contribution in [0.4, 0.5) is 0 Å². The van der Waals surface area contributed by atoms with Gasteiger partial charge in [0.05, 0.1) is 12.5 Å². The third-order valence-corrected chi connectivity index (χ3v) is 2.87. The van der Waals surface area contributed by atoms with Crippen molar-refractivity contribution in [3.63, 3.8) is 0 Å². The molecular formula is C12H23N3O2. The zero-order valence-electron chi connectivity index (χ0n) is 11.2. The number of hydrogen-bond acceptors (Lipinski definition) is 4. The van der Waals surface area contributed by atoms with Gasteiger partial charge in [-0.05, 0) is 47.5 Å². The van der Waals surface area contributed by atoms with Crippen molar-refractivity contribution < 1.29 is 9.59 Å². The summed E-state index contributed by atoms with van der Waals surface area (Å²) in [5.41, 5.74) is 0. The Morgan fingerprint density at radius 1 is 1.41 bits per heavy atom. The van der Waals surface area contributed by atoms with Crippen molar-refractivity contribution in [1.82, 2.24) is 15.1 Å². The number of rotatable bonds is 6. The Kier molecular flexibility index (Phi) is 5.08. The molecule has 1 unspecified atom stereocenters. The Morgan fingerprint density at radius 3 is 2.53 bits per heavy atom. The van der Waals surface area contributed by atoms with Gasteiger partial charge >= 0.3 is 0 Å². The van der Waals surface area contributed by atoms with Crippen molar-refractivity contribution in [2.75, 3.05) is 27.2 Å². The fourth-order valence-electron chi connectivity index (χ4n) is 2.02. The molecule has 0 aliphatic carbocycles. The van der Waals surface area contributed by atoms with Gasteiger partial charge in [0, 0.05) is 6.04 Å². The van der Waals surface area contributed by atoms with E-state index in [1.54, 1.807) is 0 Å². The van der Waals surface area contributed by atoms with E-state index in [1.165, 1.54) is 4.90 Å². The van der Waals surface area contributed by atoms with Crippen LogP contribution in [0.5, 0.6) is 0 Å². The van der Waals surface area contributed by atoms with E-state index in [2.05, 4.69) is 10.2 Å². The van der Waals surface area contributed by atoms with Crippen LogP contribution in [0, 0.1) is 0 Å². The Labute approximate surface area is 103 Å². The van der Waals surface area contributed by atoms with Crippen molar-refractivity contribution in [2.45, 2.75) is 38.8 Å². The third kappa shape index (κ3) is 3.78. The summed E-state index contributed by atoms with van der Waals surface area (Å²) in [6, 6.07) is -0.351. The van der Waals surface area contributed by atoms with E-state index in [0.29, 0.717) is 6.42 Å². The summed E-state index contributed by atoms with van der Waals surface area (Å²) in [4.78, 5) is 27.0. The maximum atomic E-state index is 11.9. The van der Waals surface area contributed by atoms with Crippen LogP contribution in [0.1, 0.15) is 26.7 Å². The Hall–Kier alpha value is -0.940. The van der Waals surface area contributed by atoms with Gasteiger partial charge in [0.15, 0.2) is 0 Å². The molecule has 0 spiro atoms. The number of amides is 2. The minimum absolute atomic E-state index is 0.0384. The lowest BCUT2D eigenvalue weighted by molar-refractivity contribution is -0.140. The Bertz CT molecular complexity index is 289. The summed E-state index contributed by atoms with van der Waals surface area (Å²) in [5, 5.41) is 3.16. The van der Waals surface area contributed by atoms with Gasteiger partial charge in [-0.1, -0.05) is 0 Å². The largest absolute Gasteiger partial charge is 0.309 e. The maximum Gasteiger partial charge on any atom is 0.247 e. The molecule has 5 heteroatoms. The molecule has 0 aromatic rings. The molecule has 0 aromatic heterocycles. The van der Waals surface area contributed by atoms with E-state index in [0.717, 1.165) is 19.5 Å². The molecule has 1 fully saturated rings. The first-order chi connectivity index (χ1) is 7.93. The summed E-state index contributed by atoms with van der Waals surface area (Å²) < 4.78 is 0. The van der Waals surface area contributed by atoms with Crippen LogP contribution < -0.4 is 5.32 Å². The molecule has 17 heavy (non-hydrogen) atoms. The molecule has 1 heterocycles. The number of nitrogens with zero attached hydrogens (tertiary/aromatic N) is 2. The summed E-state index contributed by atoms with van der Waals surface area (Å²) in [6.07, 6.45) is 1.28. The molecule has 1 saturated heterocycles. The molecule has 1 rings (SSSR count). The van der Waals surface area contributed by atoms with Gasteiger partial charge in [0.25, 0.3) is 0 Å². The summed E-state index contributed by atoms with van der Waals surface area (Å²) >= 11 is 0. The fourth-order valence-corrected chi connectivity index (χ4v) is 2.02.